The molecule has 0 aliphatic heterocycles. The van der Waals surface area contributed by atoms with Crippen molar-refractivity contribution in [2.24, 2.45) is 27.6 Å². The molecule has 0 aromatic carbocycles. The fraction of sp³-hybridized carbons (Fsp3) is 0.643. The molecule has 0 aromatic rings. The molecule has 0 radical (unpaired) electrons. The van der Waals surface area contributed by atoms with E-state index in [2.05, 4.69) is 26.8 Å². The number of aliphatic hydroxyl groups excluding tert-OH is 2. The summed E-state index contributed by atoms with van der Waals surface area (Å²) in [4.78, 5) is 25.3. The number of allylic oxidation sites excluding steroid dienone is 7. The molecule has 5 aliphatic carbocycles. The van der Waals surface area contributed by atoms with Gasteiger partial charge in [0.25, 0.3) is 0 Å². The van der Waals surface area contributed by atoms with Gasteiger partial charge < -0.3 is 15.3 Å². The van der Waals surface area contributed by atoms with E-state index in [4.69, 9.17) is 0 Å². The Morgan fingerprint density at radius 1 is 0.970 bits per heavy atom. The van der Waals surface area contributed by atoms with Gasteiger partial charge >= 0.3 is 0 Å². The highest BCUT2D eigenvalue weighted by Gasteiger charge is 2.70. The molecule has 5 aliphatic rings. The Hall–Kier alpha value is -1.98. The van der Waals surface area contributed by atoms with Crippen molar-refractivity contribution in [3.05, 3.63) is 46.3 Å². The van der Waals surface area contributed by atoms with Gasteiger partial charge in [0.2, 0.25) is 5.78 Å². The Bertz CT molecular complexity index is 1120. The van der Waals surface area contributed by atoms with Crippen LogP contribution in [0.2, 0.25) is 0 Å². The summed E-state index contributed by atoms with van der Waals surface area (Å²) >= 11 is 0. The molecular formula is C28H36O5. The normalized spacial score (nSPS) is 49.3. The highest BCUT2D eigenvalue weighted by Crippen LogP contribution is 2.74. The maximum Gasteiger partial charge on any atom is 0.220 e. The van der Waals surface area contributed by atoms with Gasteiger partial charge in [-0.3, -0.25) is 9.59 Å². The molecule has 3 saturated carbocycles. The Morgan fingerprint density at radius 2 is 1.64 bits per heavy atom. The largest absolute Gasteiger partial charge is 0.504 e. The van der Waals surface area contributed by atoms with Crippen molar-refractivity contribution in [3.8, 4) is 0 Å². The van der Waals surface area contributed by atoms with Crippen LogP contribution in [0.15, 0.2) is 46.3 Å². The standard InChI is InChI=1S/C28H36O5/c1-15-16-7-8-19-24(2,17(16)13-18(29)21(15)30)9-11-27(5)20-14-28(6,33)23(32)22(31)25(20,3)10-12-26(19,27)4/h7-8,13,20,22,30-31,33H,9-12,14H2,1-6H3/t20-,22-,24+,25-,26-,27+,28-/m1/s1. The van der Waals surface area contributed by atoms with Crippen LogP contribution in [0.25, 0.3) is 0 Å². The van der Waals surface area contributed by atoms with Gasteiger partial charge in [0.15, 0.2) is 11.5 Å². The van der Waals surface area contributed by atoms with Gasteiger partial charge in [-0.1, -0.05) is 45.4 Å². The molecule has 5 nitrogen and oxygen atoms in total. The maximum absolute atomic E-state index is 12.8. The molecule has 0 aromatic heterocycles. The topological polar surface area (TPSA) is 94.8 Å². The predicted molar refractivity (Wildman–Crippen MR) is 125 cm³/mol. The second kappa shape index (κ2) is 6.37. The summed E-state index contributed by atoms with van der Waals surface area (Å²) in [6.07, 6.45) is 8.27. The first kappa shape index (κ1) is 22.8. The zero-order valence-corrected chi connectivity index (χ0v) is 20.6. The van der Waals surface area contributed by atoms with Gasteiger partial charge in [-0.25, -0.2) is 0 Å². The first-order valence-electron chi connectivity index (χ1n) is 12.2. The van der Waals surface area contributed by atoms with E-state index in [1.165, 1.54) is 5.57 Å². The molecule has 0 unspecified atom stereocenters. The average molecular weight is 453 g/mol. The van der Waals surface area contributed by atoms with Crippen molar-refractivity contribution in [1.29, 1.82) is 0 Å². The first-order valence-corrected chi connectivity index (χ1v) is 12.2. The minimum atomic E-state index is -1.53. The van der Waals surface area contributed by atoms with Crippen LogP contribution in [0.4, 0.5) is 0 Å². The van der Waals surface area contributed by atoms with Gasteiger partial charge in [0.1, 0.15) is 11.7 Å². The lowest BCUT2D eigenvalue weighted by Crippen LogP contribution is -2.68. The van der Waals surface area contributed by atoms with Crippen LogP contribution >= 0.6 is 0 Å². The Balaban J connectivity index is 1.67. The van der Waals surface area contributed by atoms with Crippen LogP contribution in [0.5, 0.6) is 0 Å². The molecule has 0 spiro atoms. The molecule has 0 bridgehead atoms. The molecule has 178 valence electrons. The lowest BCUT2D eigenvalue weighted by molar-refractivity contribution is -0.212. The van der Waals surface area contributed by atoms with E-state index in [1.54, 1.807) is 19.9 Å². The van der Waals surface area contributed by atoms with Gasteiger partial charge in [-0.15, -0.1) is 0 Å². The number of rotatable bonds is 0. The third kappa shape index (κ3) is 2.50. The zero-order chi connectivity index (χ0) is 24.4. The minimum absolute atomic E-state index is 0.0186. The van der Waals surface area contributed by atoms with Gasteiger partial charge in [-0.2, -0.15) is 0 Å². The number of ketones is 2. The van der Waals surface area contributed by atoms with E-state index in [-0.39, 0.29) is 33.7 Å². The van der Waals surface area contributed by atoms with Gasteiger partial charge in [-0.05, 0) is 79.9 Å². The fourth-order valence-electron chi connectivity index (χ4n) is 8.39. The molecule has 0 amide bonds. The fourth-order valence-corrected chi connectivity index (χ4v) is 8.39. The highest BCUT2D eigenvalue weighted by molar-refractivity contribution is 6.06. The van der Waals surface area contributed by atoms with E-state index in [0.717, 1.165) is 30.4 Å². The third-order valence-electron chi connectivity index (χ3n) is 10.9. The van der Waals surface area contributed by atoms with Crippen molar-refractivity contribution in [3.63, 3.8) is 0 Å². The van der Waals surface area contributed by atoms with Crippen LogP contribution in [0.1, 0.15) is 73.6 Å². The Morgan fingerprint density at radius 3 is 2.30 bits per heavy atom. The Kier molecular flexibility index (Phi) is 4.40. The molecule has 3 fully saturated rings. The number of aliphatic hydroxyl groups is 3. The van der Waals surface area contributed by atoms with E-state index in [0.29, 0.717) is 18.4 Å². The van der Waals surface area contributed by atoms with Crippen LogP contribution < -0.4 is 0 Å². The van der Waals surface area contributed by atoms with E-state index in [9.17, 15) is 24.9 Å². The SMILES string of the molecule is CC1=C(O)C(=O)C=C2C1=CC=C1[C@@]2(C)CC[C@@]2(C)[C@@H]3C[C@@](C)(O)C(=O)[C@@H](O)[C@]3(C)CC[C@]12C. The number of hydrogen-bond donors (Lipinski definition) is 3. The van der Waals surface area contributed by atoms with Crippen LogP contribution in [-0.4, -0.2) is 38.6 Å². The van der Waals surface area contributed by atoms with Gasteiger partial charge in [0.05, 0.1) is 0 Å². The second-order valence-electron chi connectivity index (χ2n) is 12.4. The monoisotopic (exact) mass is 452 g/mol. The smallest absolute Gasteiger partial charge is 0.220 e. The number of carbonyl (C=O) groups excluding carboxylic acids is 2. The summed E-state index contributed by atoms with van der Waals surface area (Å²) in [5.41, 5.74) is 0.978. The van der Waals surface area contributed by atoms with E-state index >= 15 is 0 Å². The van der Waals surface area contributed by atoms with Crippen molar-refractivity contribution >= 4 is 11.6 Å². The molecule has 33 heavy (non-hydrogen) atoms. The maximum atomic E-state index is 12.8. The number of fused-ring (bicyclic) bond motifs is 7. The number of Topliss-reactive ketones (excluding diaryl/α,β-unsaturated/α-hetero) is 1. The lowest BCUT2D eigenvalue weighted by Gasteiger charge is -2.70. The summed E-state index contributed by atoms with van der Waals surface area (Å²) in [6.45, 7) is 12.2. The zero-order valence-electron chi connectivity index (χ0n) is 20.6. The molecular weight excluding hydrogens is 416 g/mol. The lowest BCUT2D eigenvalue weighted by atomic mass is 9.34. The van der Waals surface area contributed by atoms with Crippen LogP contribution in [0.3, 0.4) is 0 Å². The molecule has 3 N–H and O–H groups in total. The summed E-state index contributed by atoms with van der Waals surface area (Å²) in [7, 11) is 0. The first-order chi connectivity index (χ1) is 15.1. The quantitative estimate of drug-likeness (QED) is 0.503. The van der Waals surface area contributed by atoms with Crippen molar-refractivity contribution in [2.75, 3.05) is 0 Å². The summed E-state index contributed by atoms with van der Waals surface area (Å²) in [5.74, 6) is -0.975. The average Bonchev–Trinajstić information content (AvgIpc) is 2.75. The molecule has 7 atom stereocenters. The van der Waals surface area contributed by atoms with E-state index < -0.39 is 22.9 Å². The molecule has 5 rings (SSSR count). The van der Waals surface area contributed by atoms with Crippen LogP contribution in [0, 0.1) is 27.6 Å². The molecule has 0 saturated heterocycles. The van der Waals surface area contributed by atoms with Crippen molar-refractivity contribution in [1.82, 2.24) is 0 Å². The summed E-state index contributed by atoms with van der Waals surface area (Å²) in [6, 6.07) is 0. The minimum Gasteiger partial charge on any atom is -0.504 e. The predicted octanol–water partition coefficient (Wildman–Crippen LogP) is 4.51. The van der Waals surface area contributed by atoms with Crippen molar-refractivity contribution < 1.29 is 24.9 Å². The summed E-state index contributed by atoms with van der Waals surface area (Å²) in [5, 5.41) is 32.3. The van der Waals surface area contributed by atoms with E-state index in [1.807, 2.05) is 13.0 Å². The number of carbonyl (C=O) groups is 2. The van der Waals surface area contributed by atoms with Crippen molar-refractivity contribution in [2.45, 2.75) is 85.4 Å². The summed E-state index contributed by atoms with van der Waals surface area (Å²) < 4.78 is 0. The Labute approximate surface area is 196 Å². The number of hydrogen-bond acceptors (Lipinski definition) is 5. The third-order valence-corrected chi connectivity index (χ3v) is 10.9. The molecule has 0 heterocycles. The highest BCUT2D eigenvalue weighted by atomic mass is 16.3. The molecule has 5 heteroatoms. The van der Waals surface area contributed by atoms with Gasteiger partial charge in [0, 0.05) is 16.4 Å². The second-order valence-corrected chi connectivity index (χ2v) is 12.4. The van der Waals surface area contributed by atoms with Crippen LogP contribution in [-0.2, 0) is 9.59 Å².